The average Bonchev–Trinajstić information content (AvgIpc) is 3.15. The van der Waals surface area contributed by atoms with Gasteiger partial charge >= 0.3 is 0 Å². The van der Waals surface area contributed by atoms with E-state index in [1.54, 1.807) is 6.07 Å². The SMILES string of the molecule is CCOc1cc(/C=C2\SC(=Nc3cc(Cl)ccc3C)NC2=O)ccc1OCc1c(C)cc(C)cc1C. The van der Waals surface area contributed by atoms with E-state index in [0.717, 1.165) is 16.8 Å². The number of rotatable bonds is 7. The number of nitrogens with one attached hydrogen (secondary N) is 1. The van der Waals surface area contributed by atoms with E-state index in [2.05, 4.69) is 43.2 Å². The van der Waals surface area contributed by atoms with Gasteiger partial charge in [0.1, 0.15) is 6.61 Å². The minimum Gasteiger partial charge on any atom is -0.490 e. The Morgan fingerprint density at radius 1 is 0.944 bits per heavy atom. The van der Waals surface area contributed by atoms with Crippen LogP contribution in [0.3, 0.4) is 0 Å². The maximum Gasteiger partial charge on any atom is 0.264 e. The van der Waals surface area contributed by atoms with Crippen molar-refractivity contribution in [2.75, 3.05) is 6.61 Å². The molecule has 0 bridgehead atoms. The third-order valence-electron chi connectivity index (χ3n) is 5.82. The lowest BCUT2D eigenvalue weighted by Gasteiger charge is -2.15. The Labute approximate surface area is 221 Å². The first-order valence-electron chi connectivity index (χ1n) is 11.8. The van der Waals surface area contributed by atoms with Crippen molar-refractivity contribution in [3.63, 3.8) is 0 Å². The van der Waals surface area contributed by atoms with Gasteiger partial charge in [-0.1, -0.05) is 41.4 Å². The summed E-state index contributed by atoms with van der Waals surface area (Å²) in [6, 6.07) is 15.5. The molecule has 1 N–H and O–H groups in total. The van der Waals surface area contributed by atoms with Crippen LogP contribution in [0.1, 0.15) is 40.3 Å². The average molecular weight is 521 g/mol. The quantitative estimate of drug-likeness (QED) is 0.329. The molecule has 0 atom stereocenters. The molecule has 3 aromatic rings. The number of aryl methyl sites for hydroxylation is 4. The topological polar surface area (TPSA) is 59.9 Å². The fourth-order valence-corrected chi connectivity index (χ4v) is 5.03. The summed E-state index contributed by atoms with van der Waals surface area (Å²) in [5, 5.41) is 3.95. The molecule has 0 radical (unpaired) electrons. The van der Waals surface area contributed by atoms with Crippen LogP contribution < -0.4 is 14.8 Å². The monoisotopic (exact) mass is 520 g/mol. The number of carbonyl (C=O) groups excluding carboxylic acids is 1. The fraction of sp³-hybridized carbons (Fsp3) is 0.241. The van der Waals surface area contributed by atoms with Gasteiger partial charge in [0.15, 0.2) is 16.7 Å². The second-order valence-corrected chi connectivity index (χ2v) is 10.2. The summed E-state index contributed by atoms with van der Waals surface area (Å²) >= 11 is 7.40. The summed E-state index contributed by atoms with van der Waals surface area (Å²) in [7, 11) is 0. The van der Waals surface area contributed by atoms with E-state index in [0.29, 0.717) is 39.8 Å². The van der Waals surface area contributed by atoms with Gasteiger partial charge in [0.25, 0.3) is 5.91 Å². The number of ether oxygens (including phenoxy) is 2. The van der Waals surface area contributed by atoms with Gasteiger partial charge in [-0.2, -0.15) is 0 Å². The summed E-state index contributed by atoms with van der Waals surface area (Å²) in [6.45, 7) is 11.2. The number of aliphatic imine (C=N–C) groups is 1. The molecule has 36 heavy (non-hydrogen) atoms. The van der Waals surface area contributed by atoms with E-state index in [9.17, 15) is 4.79 Å². The van der Waals surface area contributed by atoms with E-state index in [1.807, 2.05) is 50.3 Å². The minimum atomic E-state index is -0.193. The third-order valence-corrected chi connectivity index (χ3v) is 6.97. The number of nitrogens with zero attached hydrogens (tertiary/aromatic N) is 1. The first-order chi connectivity index (χ1) is 17.2. The molecule has 5 nitrogen and oxygen atoms in total. The Morgan fingerprint density at radius 2 is 1.69 bits per heavy atom. The number of amidine groups is 1. The van der Waals surface area contributed by atoms with Crippen molar-refractivity contribution in [3.8, 4) is 11.5 Å². The van der Waals surface area contributed by atoms with Gasteiger partial charge in [-0.3, -0.25) is 4.79 Å². The lowest BCUT2D eigenvalue weighted by atomic mass is 10.0. The Morgan fingerprint density at radius 3 is 2.42 bits per heavy atom. The van der Waals surface area contributed by atoms with Crippen LogP contribution in [0.4, 0.5) is 5.69 Å². The minimum absolute atomic E-state index is 0.193. The molecule has 1 saturated heterocycles. The molecular weight excluding hydrogens is 492 g/mol. The van der Waals surface area contributed by atoms with Crippen molar-refractivity contribution in [2.45, 2.75) is 41.2 Å². The lowest BCUT2D eigenvalue weighted by molar-refractivity contribution is -0.115. The van der Waals surface area contributed by atoms with Crippen molar-refractivity contribution in [2.24, 2.45) is 4.99 Å². The summed E-state index contributed by atoms with van der Waals surface area (Å²) in [5.74, 6) is 1.11. The highest BCUT2D eigenvalue weighted by Crippen LogP contribution is 2.34. The van der Waals surface area contributed by atoms with Gasteiger partial charge in [-0.05, 0) is 105 Å². The normalized spacial score (nSPS) is 15.4. The van der Waals surface area contributed by atoms with E-state index >= 15 is 0 Å². The number of halogens is 1. The molecule has 1 aliphatic rings. The van der Waals surface area contributed by atoms with Crippen LogP contribution in [0.2, 0.25) is 5.02 Å². The van der Waals surface area contributed by atoms with Crippen LogP contribution in [0.25, 0.3) is 6.08 Å². The molecule has 186 valence electrons. The molecule has 0 aromatic heterocycles. The number of amides is 1. The van der Waals surface area contributed by atoms with Crippen LogP contribution in [0.15, 0.2) is 58.4 Å². The highest BCUT2D eigenvalue weighted by Gasteiger charge is 2.24. The zero-order valence-corrected chi connectivity index (χ0v) is 22.6. The molecular formula is C29H29ClN2O3S. The van der Waals surface area contributed by atoms with E-state index in [-0.39, 0.29) is 5.91 Å². The molecule has 1 fully saturated rings. The molecule has 1 heterocycles. The van der Waals surface area contributed by atoms with Crippen LogP contribution in [-0.4, -0.2) is 17.7 Å². The zero-order valence-electron chi connectivity index (χ0n) is 21.1. The van der Waals surface area contributed by atoms with E-state index in [1.165, 1.54) is 34.0 Å². The number of carbonyl (C=O) groups is 1. The Hall–Kier alpha value is -3.22. The summed E-state index contributed by atoms with van der Waals surface area (Å²) in [6.07, 6.45) is 1.83. The number of hydrogen-bond donors (Lipinski definition) is 1. The molecule has 1 aliphatic heterocycles. The number of benzene rings is 3. The van der Waals surface area contributed by atoms with Crippen LogP contribution in [0, 0.1) is 27.7 Å². The van der Waals surface area contributed by atoms with Crippen molar-refractivity contribution < 1.29 is 14.3 Å². The Bertz CT molecular complexity index is 1360. The third kappa shape index (κ3) is 6.12. The van der Waals surface area contributed by atoms with Gasteiger partial charge in [0.2, 0.25) is 0 Å². The summed E-state index contributed by atoms with van der Waals surface area (Å²) < 4.78 is 12.0. The number of hydrogen-bond acceptors (Lipinski definition) is 5. The first kappa shape index (κ1) is 25.9. The molecule has 1 amide bonds. The smallest absolute Gasteiger partial charge is 0.264 e. The van der Waals surface area contributed by atoms with Gasteiger partial charge in [-0.15, -0.1) is 0 Å². The Balaban J connectivity index is 1.54. The van der Waals surface area contributed by atoms with Crippen LogP contribution in [-0.2, 0) is 11.4 Å². The second kappa shape index (κ2) is 11.2. The largest absolute Gasteiger partial charge is 0.490 e. The van der Waals surface area contributed by atoms with Gasteiger partial charge in [0.05, 0.1) is 17.2 Å². The Kier molecular flexibility index (Phi) is 8.07. The van der Waals surface area contributed by atoms with Crippen molar-refractivity contribution in [1.29, 1.82) is 0 Å². The molecule has 7 heteroatoms. The molecule has 0 saturated carbocycles. The van der Waals surface area contributed by atoms with Crippen LogP contribution >= 0.6 is 23.4 Å². The lowest BCUT2D eigenvalue weighted by Crippen LogP contribution is -2.19. The van der Waals surface area contributed by atoms with Crippen molar-refractivity contribution in [3.05, 3.63) is 91.8 Å². The fourth-order valence-electron chi connectivity index (χ4n) is 4.03. The standard InChI is InChI=1S/C29H29ClN2O3S/c1-6-34-26-13-21(8-10-25(26)35-16-23-19(4)11-17(2)12-20(23)5)14-27-28(33)32-29(36-27)31-24-15-22(30)9-7-18(24)3/h7-15H,6,16H2,1-5H3,(H,31,32,33)/b27-14-. The molecule has 4 rings (SSSR count). The summed E-state index contributed by atoms with van der Waals surface area (Å²) in [5.41, 5.74) is 7.38. The van der Waals surface area contributed by atoms with Crippen molar-refractivity contribution in [1.82, 2.24) is 5.32 Å². The molecule has 0 spiro atoms. The highest BCUT2D eigenvalue weighted by atomic mass is 35.5. The molecule has 0 aliphatic carbocycles. The number of thioether (sulfide) groups is 1. The maximum absolute atomic E-state index is 12.6. The van der Waals surface area contributed by atoms with Gasteiger partial charge in [-0.25, -0.2) is 4.99 Å². The van der Waals surface area contributed by atoms with Crippen molar-refractivity contribution >= 4 is 46.2 Å². The van der Waals surface area contributed by atoms with E-state index < -0.39 is 0 Å². The highest BCUT2D eigenvalue weighted by molar-refractivity contribution is 8.18. The molecule has 3 aromatic carbocycles. The van der Waals surface area contributed by atoms with Gasteiger partial charge < -0.3 is 14.8 Å². The van der Waals surface area contributed by atoms with E-state index in [4.69, 9.17) is 21.1 Å². The zero-order chi connectivity index (χ0) is 25.8. The van der Waals surface area contributed by atoms with Crippen LogP contribution in [0.5, 0.6) is 11.5 Å². The maximum atomic E-state index is 12.6. The second-order valence-electron chi connectivity index (χ2n) is 8.72. The summed E-state index contributed by atoms with van der Waals surface area (Å²) in [4.78, 5) is 17.7. The van der Waals surface area contributed by atoms with Gasteiger partial charge in [0, 0.05) is 5.02 Å². The first-order valence-corrected chi connectivity index (χ1v) is 12.9. The molecule has 0 unspecified atom stereocenters. The predicted molar refractivity (Wildman–Crippen MR) is 150 cm³/mol. The predicted octanol–water partition coefficient (Wildman–Crippen LogP) is 7.44.